The van der Waals surface area contributed by atoms with Crippen molar-refractivity contribution in [3.8, 4) is 0 Å². The molecule has 0 spiro atoms. The average molecular weight is 345 g/mol. The van der Waals surface area contributed by atoms with Crippen LogP contribution in [0.1, 0.15) is 40.2 Å². The van der Waals surface area contributed by atoms with Gasteiger partial charge in [-0.15, -0.1) is 0 Å². The van der Waals surface area contributed by atoms with Gasteiger partial charge in [0.15, 0.2) is 5.54 Å². The number of carbonyl (C=O) groups excluding carboxylic acids is 2. The molecule has 1 aromatic rings. The summed E-state index contributed by atoms with van der Waals surface area (Å²) < 4.78 is 11.0. The Bertz CT molecular complexity index is 645. The van der Waals surface area contributed by atoms with E-state index in [4.69, 9.17) is 9.47 Å². The lowest BCUT2D eigenvalue weighted by Gasteiger charge is -2.37. The van der Waals surface area contributed by atoms with Crippen molar-refractivity contribution in [2.24, 2.45) is 0 Å². The highest BCUT2D eigenvalue weighted by molar-refractivity contribution is 5.90. The summed E-state index contributed by atoms with van der Waals surface area (Å²) in [5.41, 5.74) is -0.878. The van der Waals surface area contributed by atoms with Crippen molar-refractivity contribution < 1.29 is 19.1 Å². The number of benzene rings is 1. The number of ether oxygens (including phenoxy) is 2. The summed E-state index contributed by atoms with van der Waals surface area (Å²) in [5.74, 6) is -0.439. The minimum absolute atomic E-state index is 0.269. The molecule has 1 amide bonds. The number of rotatable bonds is 4. The molecule has 1 unspecified atom stereocenters. The van der Waals surface area contributed by atoms with Crippen LogP contribution in [0.2, 0.25) is 0 Å². The van der Waals surface area contributed by atoms with Crippen LogP contribution in [0.5, 0.6) is 0 Å². The molecule has 5 nitrogen and oxygen atoms in total. The highest BCUT2D eigenvalue weighted by Crippen LogP contribution is 2.31. The van der Waals surface area contributed by atoms with E-state index in [1.807, 2.05) is 36.4 Å². The number of amides is 1. The molecule has 136 valence electrons. The molecule has 0 saturated carbocycles. The molecule has 1 heterocycles. The van der Waals surface area contributed by atoms with Gasteiger partial charge in [0.05, 0.1) is 6.10 Å². The molecule has 0 bridgehead atoms. The molecule has 2 rings (SSSR count). The lowest BCUT2D eigenvalue weighted by atomic mass is 9.90. The maximum Gasteiger partial charge on any atom is 0.411 e. The van der Waals surface area contributed by atoms with E-state index in [1.54, 1.807) is 40.7 Å². The van der Waals surface area contributed by atoms with Gasteiger partial charge in [0, 0.05) is 13.0 Å². The molecule has 1 aliphatic rings. The predicted octanol–water partition coefficient (Wildman–Crippen LogP) is 3.73. The van der Waals surface area contributed by atoms with Crippen molar-refractivity contribution in [2.75, 3.05) is 6.54 Å². The predicted molar refractivity (Wildman–Crippen MR) is 96.2 cm³/mol. The maximum absolute atomic E-state index is 12.9. The number of hydrogen-bond acceptors (Lipinski definition) is 4. The smallest absolute Gasteiger partial charge is 0.411 e. The molecule has 25 heavy (non-hydrogen) atoms. The van der Waals surface area contributed by atoms with E-state index >= 15 is 0 Å². The summed E-state index contributed by atoms with van der Waals surface area (Å²) in [5, 5.41) is 0. The quantitative estimate of drug-likeness (QED) is 0.616. The summed E-state index contributed by atoms with van der Waals surface area (Å²) >= 11 is 0. The molecule has 0 radical (unpaired) electrons. The van der Waals surface area contributed by atoms with Gasteiger partial charge in [-0.3, -0.25) is 4.90 Å². The van der Waals surface area contributed by atoms with E-state index in [1.165, 1.54) is 4.90 Å². The molecule has 0 aliphatic carbocycles. The third kappa shape index (κ3) is 4.62. The number of nitrogens with zero attached hydrogens (tertiary/aromatic N) is 1. The second kappa shape index (κ2) is 7.30. The van der Waals surface area contributed by atoms with Gasteiger partial charge in [-0.05, 0) is 46.3 Å². The number of hydrogen-bond donors (Lipinski definition) is 0. The first-order valence-corrected chi connectivity index (χ1v) is 8.57. The molecule has 1 aliphatic heterocycles. The number of carbonyl (C=O) groups is 2. The van der Waals surface area contributed by atoms with Crippen molar-refractivity contribution in [3.63, 3.8) is 0 Å². The molecule has 0 aromatic heterocycles. The van der Waals surface area contributed by atoms with Gasteiger partial charge < -0.3 is 9.47 Å². The largest absolute Gasteiger partial charge is 0.461 e. The second-order valence-corrected chi connectivity index (χ2v) is 7.53. The maximum atomic E-state index is 12.9. The molecule has 5 heteroatoms. The Labute approximate surface area is 149 Å². The minimum Gasteiger partial charge on any atom is -0.461 e. The van der Waals surface area contributed by atoms with Crippen LogP contribution in [0, 0.1) is 0 Å². The first-order valence-electron chi connectivity index (χ1n) is 8.57. The Balaban J connectivity index is 2.37. The van der Waals surface area contributed by atoms with Crippen LogP contribution >= 0.6 is 0 Å². The van der Waals surface area contributed by atoms with Crippen LogP contribution in [0.15, 0.2) is 42.5 Å². The minimum atomic E-state index is -1.19. The van der Waals surface area contributed by atoms with E-state index in [0.717, 1.165) is 5.56 Å². The molecule has 1 aromatic carbocycles. The Kier molecular flexibility index (Phi) is 5.55. The van der Waals surface area contributed by atoms with E-state index in [2.05, 4.69) is 0 Å². The third-order valence-corrected chi connectivity index (χ3v) is 3.79. The summed E-state index contributed by atoms with van der Waals surface area (Å²) in [4.78, 5) is 27.1. The van der Waals surface area contributed by atoms with Crippen LogP contribution in [-0.2, 0) is 20.7 Å². The first-order chi connectivity index (χ1) is 11.6. The lowest BCUT2D eigenvalue weighted by molar-refractivity contribution is -0.157. The van der Waals surface area contributed by atoms with Crippen molar-refractivity contribution in [1.82, 2.24) is 4.90 Å². The van der Waals surface area contributed by atoms with Crippen LogP contribution in [0.25, 0.3) is 0 Å². The van der Waals surface area contributed by atoms with Crippen LogP contribution in [0.3, 0.4) is 0 Å². The fourth-order valence-corrected chi connectivity index (χ4v) is 2.79. The Hall–Kier alpha value is -2.30. The van der Waals surface area contributed by atoms with Gasteiger partial charge in [0.2, 0.25) is 0 Å². The normalized spacial score (nSPS) is 20.0. The molecular formula is C20H27NO4. The summed E-state index contributed by atoms with van der Waals surface area (Å²) in [6.45, 7) is 9.32. The Morgan fingerprint density at radius 3 is 2.40 bits per heavy atom. The van der Waals surface area contributed by atoms with Gasteiger partial charge in [-0.2, -0.15) is 0 Å². The van der Waals surface area contributed by atoms with Crippen LogP contribution in [0.4, 0.5) is 4.79 Å². The van der Waals surface area contributed by atoms with Gasteiger partial charge in [-0.1, -0.05) is 36.4 Å². The van der Waals surface area contributed by atoms with Gasteiger partial charge in [-0.25, -0.2) is 9.59 Å². The zero-order chi connectivity index (χ0) is 18.7. The topological polar surface area (TPSA) is 55.8 Å². The third-order valence-electron chi connectivity index (χ3n) is 3.79. The van der Waals surface area contributed by atoms with Gasteiger partial charge in [0.25, 0.3) is 0 Å². The monoisotopic (exact) mass is 345 g/mol. The van der Waals surface area contributed by atoms with Crippen molar-refractivity contribution >= 4 is 12.1 Å². The molecular weight excluding hydrogens is 318 g/mol. The van der Waals surface area contributed by atoms with Crippen LogP contribution < -0.4 is 0 Å². The zero-order valence-electron chi connectivity index (χ0n) is 15.6. The molecule has 1 atom stereocenters. The summed E-state index contributed by atoms with van der Waals surface area (Å²) in [6, 6.07) is 9.60. The highest BCUT2D eigenvalue weighted by Gasteiger charge is 2.49. The van der Waals surface area contributed by atoms with Crippen molar-refractivity contribution in [3.05, 3.63) is 48.0 Å². The van der Waals surface area contributed by atoms with E-state index in [-0.39, 0.29) is 6.10 Å². The molecule has 0 saturated heterocycles. The Morgan fingerprint density at radius 2 is 1.84 bits per heavy atom. The van der Waals surface area contributed by atoms with Crippen molar-refractivity contribution in [2.45, 2.75) is 58.3 Å². The first kappa shape index (κ1) is 19.0. The van der Waals surface area contributed by atoms with Crippen LogP contribution in [-0.4, -0.2) is 40.8 Å². The summed E-state index contributed by atoms with van der Waals surface area (Å²) in [6.07, 6.45) is 3.13. The molecule has 0 fully saturated rings. The average Bonchev–Trinajstić information content (AvgIpc) is 2.91. The standard InChI is InChI=1S/C20H27NO4/c1-15(2)24-17(22)20(14-16-10-7-6-8-11-16)12-9-13-21(20)18(23)25-19(3,4)5/h6-12,15H,13-14H2,1-5H3. The summed E-state index contributed by atoms with van der Waals surface area (Å²) in [7, 11) is 0. The van der Waals surface area contributed by atoms with E-state index in [0.29, 0.717) is 13.0 Å². The van der Waals surface area contributed by atoms with Crippen molar-refractivity contribution in [1.29, 1.82) is 0 Å². The van der Waals surface area contributed by atoms with Gasteiger partial charge in [0.1, 0.15) is 5.60 Å². The SMILES string of the molecule is CC(C)OC(=O)C1(Cc2ccccc2)C=CCN1C(=O)OC(C)(C)C. The number of esters is 1. The fourth-order valence-electron chi connectivity index (χ4n) is 2.79. The highest BCUT2D eigenvalue weighted by atomic mass is 16.6. The zero-order valence-corrected chi connectivity index (χ0v) is 15.6. The fraction of sp³-hybridized carbons (Fsp3) is 0.500. The van der Waals surface area contributed by atoms with E-state index < -0.39 is 23.2 Å². The van der Waals surface area contributed by atoms with E-state index in [9.17, 15) is 9.59 Å². The second-order valence-electron chi connectivity index (χ2n) is 7.53. The lowest BCUT2D eigenvalue weighted by Crippen LogP contribution is -2.56. The molecule has 0 N–H and O–H groups in total. The van der Waals surface area contributed by atoms with Gasteiger partial charge >= 0.3 is 12.1 Å². The Morgan fingerprint density at radius 1 is 1.20 bits per heavy atom.